The molecule has 22 heavy (non-hydrogen) atoms. The maximum absolute atomic E-state index is 13.0. The number of carbonyl (C=O) groups excluding carboxylic acids is 2. The molecule has 0 spiro atoms. The third-order valence-electron chi connectivity index (χ3n) is 4.63. The van der Waals surface area contributed by atoms with E-state index in [1.54, 1.807) is 16.7 Å². The highest BCUT2D eigenvalue weighted by Gasteiger charge is 2.53. The van der Waals surface area contributed by atoms with E-state index >= 15 is 0 Å². The normalized spacial score (nSPS) is 32.3. The molecular weight excluding hydrogens is 318 g/mol. The summed E-state index contributed by atoms with van der Waals surface area (Å²) in [4.78, 5) is 27.4. The highest BCUT2D eigenvalue weighted by Crippen LogP contribution is 2.47. The van der Waals surface area contributed by atoms with Gasteiger partial charge in [-0.2, -0.15) is 0 Å². The smallest absolute Gasteiger partial charge is 0.240 e. The number of fused-ring (bicyclic) bond motifs is 1. The lowest BCUT2D eigenvalue weighted by Crippen LogP contribution is -2.52. The number of nitrogens with zero attached hydrogens (tertiary/aromatic N) is 1. The predicted octanol–water partition coefficient (Wildman–Crippen LogP) is 1.29. The molecule has 2 saturated heterocycles. The van der Waals surface area contributed by atoms with Crippen LogP contribution in [0.25, 0.3) is 0 Å². The van der Waals surface area contributed by atoms with Crippen molar-refractivity contribution in [1.82, 2.24) is 4.90 Å². The number of hydrogen-bond donors (Lipinski definition) is 2. The fraction of sp³-hybridized carbons (Fsp3) is 0.800. The minimum atomic E-state index is -0.540. The molecule has 2 aliphatic rings. The van der Waals surface area contributed by atoms with Crippen molar-refractivity contribution in [3.63, 3.8) is 0 Å². The van der Waals surface area contributed by atoms with E-state index in [-0.39, 0.29) is 28.7 Å². The highest BCUT2D eigenvalue weighted by atomic mass is 32.2. The van der Waals surface area contributed by atoms with Gasteiger partial charge in [-0.05, 0) is 37.4 Å². The number of thiocarbonyl (C=S) groups is 1. The van der Waals surface area contributed by atoms with Crippen LogP contribution in [0, 0.1) is 11.3 Å². The average molecular weight is 344 g/mol. The first kappa shape index (κ1) is 17.7. The average Bonchev–Trinajstić information content (AvgIpc) is 2.59. The van der Waals surface area contributed by atoms with Crippen molar-refractivity contribution in [1.29, 1.82) is 0 Å². The molecule has 0 unspecified atom stereocenters. The molecule has 124 valence electrons. The van der Waals surface area contributed by atoms with Gasteiger partial charge in [-0.1, -0.05) is 26.1 Å². The van der Waals surface area contributed by atoms with Gasteiger partial charge < -0.3 is 16.4 Å². The maximum atomic E-state index is 13.0. The van der Waals surface area contributed by atoms with Crippen LogP contribution in [0.1, 0.15) is 40.0 Å². The van der Waals surface area contributed by atoms with E-state index in [1.165, 1.54) is 0 Å². The molecule has 2 heterocycles. The number of rotatable bonds is 4. The topological polar surface area (TPSA) is 89.4 Å². The van der Waals surface area contributed by atoms with E-state index < -0.39 is 11.9 Å². The van der Waals surface area contributed by atoms with Crippen molar-refractivity contribution < 1.29 is 9.59 Å². The number of hydrogen-bond acceptors (Lipinski definition) is 5. The third kappa shape index (κ3) is 3.31. The second-order valence-electron chi connectivity index (χ2n) is 7.01. The predicted molar refractivity (Wildman–Crippen MR) is 93.4 cm³/mol. The Morgan fingerprint density at radius 1 is 1.55 bits per heavy atom. The van der Waals surface area contributed by atoms with E-state index in [0.29, 0.717) is 6.42 Å². The molecule has 0 radical (unpaired) electrons. The third-order valence-corrected chi connectivity index (χ3v) is 6.42. The molecule has 0 aliphatic carbocycles. The Morgan fingerprint density at radius 3 is 2.73 bits per heavy atom. The molecule has 2 aliphatic heterocycles. The summed E-state index contributed by atoms with van der Waals surface area (Å²) in [7, 11) is 0. The number of nitrogens with two attached hydrogens (primary N) is 2. The van der Waals surface area contributed by atoms with Crippen molar-refractivity contribution in [3.8, 4) is 0 Å². The second-order valence-corrected chi connectivity index (χ2v) is 8.82. The minimum Gasteiger partial charge on any atom is -0.368 e. The first-order chi connectivity index (χ1) is 10.1. The molecule has 0 aromatic rings. The first-order valence-corrected chi connectivity index (χ1v) is 9.12. The number of thioether (sulfide) groups is 1. The van der Waals surface area contributed by atoms with Gasteiger partial charge in [0.2, 0.25) is 11.8 Å². The lowest BCUT2D eigenvalue weighted by molar-refractivity contribution is -0.142. The number of carbonyl (C=O) groups is 2. The fourth-order valence-corrected chi connectivity index (χ4v) is 5.26. The SMILES string of the molecule is C[C@H](N)C(=S)C[C@H]1CCS[C@H]2CC(C)(C)[C@@H](C(N)=O)N2C1=O. The Balaban J connectivity index is 2.26. The zero-order valence-corrected chi connectivity index (χ0v) is 15.0. The molecule has 4 atom stereocenters. The monoisotopic (exact) mass is 343 g/mol. The van der Waals surface area contributed by atoms with Crippen LogP contribution in [0.2, 0.25) is 0 Å². The molecule has 4 N–H and O–H groups in total. The van der Waals surface area contributed by atoms with Crippen molar-refractivity contribution in [2.45, 2.75) is 57.5 Å². The zero-order chi connectivity index (χ0) is 16.7. The largest absolute Gasteiger partial charge is 0.368 e. The lowest BCUT2D eigenvalue weighted by atomic mass is 9.84. The van der Waals surface area contributed by atoms with Gasteiger partial charge in [0.05, 0.1) is 5.37 Å². The van der Waals surface area contributed by atoms with Gasteiger partial charge in [0.1, 0.15) is 6.04 Å². The molecule has 2 amide bonds. The van der Waals surface area contributed by atoms with Gasteiger partial charge in [0, 0.05) is 16.8 Å². The summed E-state index contributed by atoms with van der Waals surface area (Å²) in [6.07, 6.45) is 2.08. The highest BCUT2D eigenvalue weighted by molar-refractivity contribution is 7.99. The molecule has 2 fully saturated rings. The Kier molecular flexibility index (Phi) is 5.19. The van der Waals surface area contributed by atoms with Crippen molar-refractivity contribution in [2.75, 3.05) is 5.75 Å². The summed E-state index contributed by atoms with van der Waals surface area (Å²) in [6, 6.07) is -0.738. The van der Waals surface area contributed by atoms with Gasteiger partial charge >= 0.3 is 0 Å². The van der Waals surface area contributed by atoms with Crippen molar-refractivity contribution in [2.24, 2.45) is 22.8 Å². The molecule has 0 saturated carbocycles. The van der Waals surface area contributed by atoms with Gasteiger partial charge in [-0.3, -0.25) is 9.59 Å². The summed E-state index contributed by atoms with van der Waals surface area (Å²) in [5.74, 6) is 0.289. The quantitative estimate of drug-likeness (QED) is 0.751. The van der Waals surface area contributed by atoms with Crippen LogP contribution < -0.4 is 11.5 Å². The lowest BCUT2D eigenvalue weighted by Gasteiger charge is -2.32. The summed E-state index contributed by atoms with van der Waals surface area (Å²) >= 11 is 7.05. The number of primary amides is 1. The minimum absolute atomic E-state index is 0.00683. The van der Waals surface area contributed by atoms with Crippen LogP contribution in [0.3, 0.4) is 0 Å². The Morgan fingerprint density at radius 2 is 2.18 bits per heavy atom. The second kappa shape index (κ2) is 6.45. The van der Waals surface area contributed by atoms with E-state index in [9.17, 15) is 9.59 Å². The van der Waals surface area contributed by atoms with Crippen LogP contribution in [-0.4, -0.2) is 44.8 Å². The van der Waals surface area contributed by atoms with Crippen LogP contribution in [0.5, 0.6) is 0 Å². The number of amides is 2. The van der Waals surface area contributed by atoms with Crippen molar-refractivity contribution >= 4 is 40.7 Å². The Hall–Kier alpha value is -0.660. The van der Waals surface area contributed by atoms with Crippen LogP contribution in [0.4, 0.5) is 0 Å². The maximum Gasteiger partial charge on any atom is 0.240 e. The summed E-state index contributed by atoms with van der Waals surface area (Å²) < 4.78 is 0. The molecule has 5 nitrogen and oxygen atoms in total. The standard InChI is InChI=1S/C15H25N3O2S2/c1-8(16)10(21)6-9-4-5-22-11-7-15(2,3)12(13(17)19)18(11)14(9)20/h8-9,11-12H,4-7,16H2,1-3H3,(H2,17,19)/t8-,9+,11-,12+/m0/s1. The molecule has 7 heteroatoms. The molecular formula is C15H25N3O2S2. The van der Waals surface area contributed by atoms with E-state index in [4.69, 9.17) is 23.7 Å². The van der Waals surface area contributed by atoms with Gasteiger partial charge in [0.25, 0.3) is 0 Å². The van der Waals surface area contributed by atoms with E-state index in [0.717, 1.165) is 23.5 Å². The summed E-state index contributed by atoms with van der Waals surface area (Å²) in [5, 5.41) is 0.0360. The van der Waals surface area contributed by atoms with Crippen LogP contribution >= 0.6 is 24.0 Å². The summed E-state index contributed by atoms with van der Waals surface area (Å²) in [5.41, 5.74) is 11.1. The molecule has 2 rings (SSSR count). The van der Waals surface area contributed by atoms with Crippen molar-refractivity contribution in [3.05, 3.63) is 0 Å². The van der Waals surface area contributed by atoms with Crippen LogP contribution in [0.15, 0.2) is 0 Å². The molecule has 0 aromatic carbocycles. The van der Waals surface area contributed by atoms with Gasteiger partial charge in [-0.15, -0.1) is 11.8 Å². The Bertz CT molecular complexity index is 493. The van der Waals surface area contributed by atoms with Crippen LogP contribution in [-0.2, 0) is 9.59 Å². The molecule has 0 bridgehead atoms. The zero-order valence-electron chi connectivity index (χ0n) is 13.4. The van der Waals surface area contributed by atoms with E-state index in [2.05, 4.69) is 0 Å². The fourth-order valence-electron chi connectivity index (χ4n) is 3.43. The summed E-state index contributed by atoms with van der Waals surface area (Å²) in [6.45, 7) is 5.85. The first-order valence-electron chi connectivity index (χ1n) is 7.66. The molecule has 0 aromatic heterocycles. The Labute approximate surface area is 141 Å². The van der Waals surface area contributed by atoms with Gasteiger partial charge in [0.15, 0.2) is 0 Å². The van der Waals surface area contributed by atoms with Gasteiger partial charge in [-0.25, -0.2) is 0 Å². The van der Waals surface area contributed by atoms with E-state index in [1.807, 2.05) is 20.8 Å².